The zero-order valence-electron chi connectivity index (χ0n) is 23.7. The molecule has 9 heteroatoms. The van der Waals surface area contributed by atoms with Gasteiger partial charge in [0.15, 0.2) is 0 Å². The van der Waals surface area contributed by atoms with Crippen molar-refractivity contribution in [3.63, 3.8) is 0 Å². The van der Waals surface area contributed by atoms with Gasteiger partial charge in [0.2, 0.25) is 11.8 Å². The molecule has 0 bridgehead atoms. The van der Waals surface area contributed by atoms with Crippen LogP contribution in [-0.2, 0) is 26.2 Å². The minimum absolute atomic E-state index is 0.0594. The quantitative estimate of drug-likeness (QED) is 0.289. The van der Waals surface area contributed by atoms with Crippen LogP contribution in [-0.4, -0.2) is 43.8 Å². The number of rotatable bonds is 12. The van der Waals surface area contributed by atoms with Gasteiger partial charge in [-0.15, -0.1) is 0 Å². The summed E-state index contributed by atoms with van der Waals surface area (Å²) >= 11 is 6.18. The lowest BCUT2D eigenvalue weighted by Crippen LogP contribution is -2.53. The molecule has 0 radical (unpaired) electrons. The molecule has 0 aliphatic carbocycles. The van der Waals surface area contributed by atoms with Crippen LogP contribution in [0.1, 0.15) is 50.3 Å². The highest BCUT2D eigenvalue weighted by Gasteiger charge is 2.34. The molecule has 0 saturated carbocycles. The van der Waals surface area contributed by atoms with E-state index in [1.54, 1.807) is 43.3 Å². The monoisotopic (exact) mass is 583 g/mol. The molecule has 2 atom stereocenters. The minimum Gasteiger partial charge on any atom is -0.352 e. The summed E-state index contributed by atoms with van der Waals surface area (Å²) in [6, 6.07) is 19.7. The Bertz CT molecular complexity index is 1430. The van der Waals surface area contributed by atoms with Crippen molar-refractivity contribution in [2.45, 2.75) is 71.0 Å². The molecule has 0 fully saturated rings. The highest BCUT2D eigenvalue weighted by molar-refractivity contribution is 7.92. The van der Waals surface area contributed by atoms with Crippen molar-refractivity contribution in [1.29, 1.82) is 0 Å². The summed E-state index contributed by atoms with van der Waals surface area (Å²) in [4.78, 5) is 29.1. The van der Waals surface area contributed by atoms with Gasteiger partial charge < -0.3 is 10.2 Å². The first-order valence-electron chi connectivity index (χ1n) is 13.5. The van der Waals surface area contributed by atoms with E-state index in [0.717, 1.165) is 21.9 Å². The number of carbonyl (C=O) groups excluding carboxylic acids is 2. The highest BCUT2D eigenvalue weighted by Crippen LogP contribution is 2.29. The van der Waals surface area contributed by atoms with E-state index in [1.807, 2.05) is 52.0 Å². The van der Waals surface area contributed by atoms with Gasteiger partial charge in [-0.3, -0.25) is 13.9 Å². The van der Waals surface area contributed by atoms with Crippen molar-refractivity contribution in [3.05, 3.63) is 94.5 Å². The summed E-state index contributed by atoms with van der Waals surface area (Å²) in [5.41, 5.74) is 2.80. The van der Waals surface area contributed by atoms with Crippen molar-refractivity contribution in [3.8, 4) is 0 Å². The van der Waals surface area contributed by atoms with Crippen molar-refractivity contribution in [2.24, 2.45) is 0 Å². The SMILES string of the molecule is CC[C@@H](C)NC(=O)[C@H](CC)N(Cc1ccccc1C)C(=O)CN(c1ccc(Cl)cc1C)S(=O)(=O)c1ccccc1. The average molecular weight is 584 g/mol. The number of halogens is 1. The molecular formula is C31H38ClN3O4S. The fourth-order valence-corrected chi connectivity index (χ4v) is 6.19. The molecule has 3 rings (SSSR count). The summed E-state index contributed by atoms with van der Waals surface area (Å²) in [6.45, 7) is 9.11. The van der Waals surface area contributed by atoms with Gasteiger partial charge in [0.1, 0.15) is 12.6 Å². The Hall–Kier alpha value is -3.36. The minimum atomic E-state index is -4.13. The largest absolute Gasteiger partial charge is 0.352 e. The van der Waals surface area contributed by atoms with Gasteiger partial charge in [0.05, 0.1) is 10.6 Å². The lowest BCUT2D eigenvalue weighted by Gasteiger charge is -2.34. The molecular weight excluding hydrogens is 546 g/mol. The van der Waals surface area contributed by atoms with Crippen molar-refractivity contribution in [1.82, 2.24) is 10.2 Å². The molecule has 1 N–H and O–H groups in total. The van der Waals surface area contributed by atoms with Gasteiger partial charge >= 0.3 is 0 Å². The van der Waals surface area contributed by atoms with Crippen LogP contribution in [0, 0.1) is 13.8 Å². The maximum Gasteiger partial charge on any atom is 0.264 e. The molecule has 0 aliphatic heterocycles. The Morgan fingerprint density at radius 2 is 1.55 bits per heavy atom. The summed E-state index contributed by atoms with van der Waals surface area (Å²) in [6.07, 6.45) is 1.11. The summed E-state index contributed by atoms with van der Waals surface area (Å²) < 4.78 is 29.0. The van der Waals surface area contributed by atoms with Crippen LogP contribution < -0.4 is 9.62 Å². The number of carbonyl (C=O) groups is 2. The van der Waals surface area contributed by atoms with Crippen molar-refractivity contribution >= 4 is 39.1 Å². The molecule has 0 spiro atoms. The van der Waals surface area contributed by atoms with E-state index in [1.165, 1.54) is 17.0 Å². The second kappa shape index (κ2) is 13.8. The van der Waals surface area contributed by atoms with Crippen LogP contribution in [0.15, 0.2) is 77.7 Å². The normalized spacial score (nSPS) is 12.8. The Kier molecular flexibility index (Phi) is 10.8. The first-order valence-corrected chi connectivity index (χ1v) is 15.3. The van der Waals surface area contributed by atoms with Crippen molar-refractivity contribution < 1.29 is 18.0 Å². The van der Waals surface area contributed by atoms with Gasteiger partial charge in [-0.1, -0.05) is 67.9 Å². The smallest absolute Gasteiger partial charge is 0.264 e. The number of aryl methyl sites for hydroxylation is 2. The topological polar surface area (TPSA) is 86.8 Å². The van der Waals surface area contributed by atoms with Gasteiger partial charge in [0, 0.05) is 17.6 Å². The van der Waals surface area contributed by atoms with Gasteiger partial charge in [-0.2, -0.15) is 0 Å². The Balaban J connectivity index is 2.09. The van der Waals surface area contributed by atoms with Crippen LogP contribution in [0.5, 0.6) is 0 Å². The number of hydrogen-bond donors (Lipinski definition) is 1. The van der Waals surface area contributed by atoms with Crippen LogP contribution in [0.25, 0.3) is 0 Å². The number of sulfonamides is 1. The number of hydrogen-bond acceptors (Lipinski definition) is 4. The predicted octanol–water partition coefficient (Wildman–Crippen LogP) is 5.87. The van der Waals surface area contributed by atoms with E-state index in [-0.39, 0.29) is 23.4 Å². The van der Waals surface area contributed by atoms with E-state index >= 15 is 0 Å². The Labute approximate surface area is 243 Å². The molecule has 3 aromatic rings. The fraction of sp³-hybridized carbons (Fsp3) is 0.355. The molecule has 40 heavy (non-hydrogen) atoms. The maximum atomic E-state index is 14.2. The third kappa shape index (κ3) is 7.43. The van der Waals surface area contributed by atoms with E-state index in [2.05, 4.69) is 5.32 Å². The molecule has 0 saturated heterocycles. The number of amides is 2. The molecule has 0 heterocycles. The second-order valence-electron chi connectivity index (χ2n) is 9.95. The molecule has 3 aromatic carbocycles. The van der Waals surface area contributed by atoms with E-state index < -0.39 is 28.5 Å². The van der Waals surface area contributed by atoms with Crippen molar-refractivity contribution in [2.75, 3.05) is 10.8 Å². The predicted molar refractivity (Wildman–Crippen MR) is 161 cm³/mol. The molecule has 0 unspecified atom stereocenters. The Morgan fingerprint density at radius 1 is 0.900 bits per heavy atom. The molecule has 0 aromatic heterocycles. The third-order valence-corrected chi connectivity index (χ3v) is 9.04. The number of benzene rings is 3. The van der Waals surface area contributed by atoms with E-state index in [0.29, 0.717) is 22.7 Å². The average Bonchev–Trinajstić information content (AvgIpc) is 2.93. The Morgan fingerprint density at radius 3 is 2.15 bits per heavy atom. The van der Waals surface area contributed by atoms with Gasteiger partial charge in [0.25, 0.3) is 10.0 Å². The lowest BCUT2D eigenvalue weighted by molar-refractivity contribution is -0.140. The first kappa shape index (κ1) is 31.2. The summed E-state index contributed by atoms with van der Waals surface area (Å²) in [5.74, 6) is -0.748. The van der Waals surface area contributed by atoms with Crippen LogP contribution >= 0.6 is 11.6 Å². The number of nitrogens with zero attached hydrogens (tertiary/aromatic N) is 2. The van der Waals surface area contributed by atoms with Crippen LogP contribution in [0.4, 0.5) is 5.69 Å². The molecule has 2 amide bonds. The summed E-state index contributed by atoms with van der Waals surface area (Å²) in [7, 11) is -4.13. The van der Waals surface area contributed by atoms with Gasteiger partial charge in [-0.05, 0) is 80.6 Å². The third-order valence-electron chi connectivity index (χ3n) is 7.03. The van der Waals surface area contributed by atoms with Crippen LogP contribution in [0.3, 0.4) is 0 Å². The van der Waals surface area contributed by atoms with E-state index in [9.17, 15) is 18.0 Å². The highest BCUT2D eigenvalue weighted by atomic mass is 35.5. The van der Waals surface area contributed by atoms with Gasteiger partial charge in [-0.25, -0.2) is 8.42 Å². The number of nitrogens with one attached hydrogen (secondary N) is 1. The lowest BCUT2D eigenvalue weighted by atomic mass is 10.1. The van der Waals surface area contributed by atoms with E-state index in [4.69, 9.17) is 11.6 Å². The maximum absolute atomic E-state index is 14.2. The molecule has 214 valence electrons. The second-order valence-corrected chi connectivity index (χ2v) is 12.2. The zero-order valence-corrected chi connectivity index (χ0v) is 25.3. The fourth-order valence-electron chi connectivity index (χ4n) is 4.46. The zero-order chi connectivity index (χ0) is 29.4. The molecule has 0 aliphatic rings. The standard InChI is InChI=1S/C31H38ClN3O4S/c1-6-24(5)33-31(37)28(7-2)34(20-25-14-12-11-13-22(25)3)30(36)21-35(29-18-17-26(32)19-23(29)4)40(38,39)27-15-9-8-10-16-27/h8-19,24,28H,6-7,20-21H2,1-5H3,(H,33,37)/t24-,28+/m1/s1. The number of anilines is 1. The molecule has 7 nitrogen and oxygen atoms in total. The first-order chi connectivity index (χ1) is 19.0. The summed E-state index contributed by atoms with van der Waals surface area (Å²) in [5, 5.41) is 3.45. The van der Waals surface area contributed by atoms with Crippen LogP contribution in [0.2, 0.25) is 5.02 Å².